The molecule has 5 nitrogen and oxygen atoms in total. The second kappa shape index (κ2) is 5.48. The van der Waals surface area contributed by atoms with Crippen LogP contribution in [0.25, 0.3) is 0 Å². The Morgan fingerprint density at radius 2 is 2.11 bits per heavy atom. The monoisotopic (exact) mass is 251 g/mol. The van der Waals surface area contributed by atoms with Crippen LogP contribution in [0.4, 0.5) is 5.69 Å². The molecule has 0 bridgehead atoms. The summed E-state index contributed by atoms with van der Waals surface area (Å²) in [5, 5.41) is 18.4. The van der Waals surface area contributed by atoms with Gasteiger partial charge in [-0.1, -0.05) is 17.7 Å². The number of morpholine rings is 1. The molecule has 2 N–H and O–H groups in total. The fourth-order valence-electron chi connectivity index (χ4n) is 1.96. The number of hydrogen-bond donors (Lipinski definition) is 2. The van der Waals surface area contributed by atoms with Gasteiger partial charge >= 0.3 is 0 Å². The second-order valence-corrected chi connectivity index (χ2v) is 4.37. The van der Waals surface area contributed by atoms with Crippen LogP contribution in [0.3, 0.4) is 0 Å². The van der Waals surface area contributed by atoms with Gasteiger partial charge in [0.2, 0.25) is 0 Å². The topological polar surface area (TPSA) is 70.0 Å². The Kier molecular flexibility index (Phi) is 3.96. The molecule has 1 heterocycles. The fourth-order valence-corrected chi connectivity index (χ4v) is 1.96. The molecular formula is C13H17NO4. The summed E-state index contributed by atoms with van der Waals surface area (Å²) < 4.78 is 5.22. The van der Waals surface area contributed by atoms with E-state index in [0.717, 1.165) is 11.3 Å². The quantitative estimate of drug-likeness (QED) is 0.798. The molecule has 5 heteroatoms. The van der Waals surface area contributed by atoms with E-state index in [4.69, 9.17) is 9.84 Å². The molecule has 2 atom stereocenters. The molecular weight excluding hydrogens is 234 g/mol. The van der Waals surface area contributed by atoms with Crippen molar-refractivity contribution in [1.82, 2.24) is 0 Å². The van der Waals surface area contributed by atoms with Gasteiger partial charge in [-0.05, 0) is 19.1 Å². The van der Waals surface area contributed by atoms with E-state index in [9.17, 15) is 9.90 Å². The zero-order valence-electron chi connectivity index (χ0n) is 10.2. The zero-order chi connectivity index (χ0) is 13.1. The highest BCUT2D eigenvalue weighted by atomic mass is 16.5. The lowest BCUT2D eigenvalue weighted by Gasteiger charge is -2.34. The molecule has 1 fully saturated rings. The number of anilines is 1. The molecule has 0 aliphatic carbocycles. The van der Waals surface area contributed by atoms with Gasteiger partial charge in [0.25, 0.3) is 5.91 Å². The molecule has 98 valence electrons. The standard InChI is InChI=1S/C13H17NO4/c1-9-2-4-10(5-3-9)14-6-7-18-12(13(14)17)11(16)8-15/h2-5,11-12,15-16H,6-8H2,1H3/t11-,12+/m0/s1. The third-order valence-electron chi connectivity index (χ3n) is 3.00. The summed E-state index contributed by atoms with van der Waals surface area (Å²) in [5.74, 6) is -0.313. The van der Waals surface area contributed by atoms with Gasteiger partial charge in [-0.3, -0.25) is 4.79 Å². The first-order valence-corrected chi connectivity index (χ1v) is 5.92. The van der Waals surface area contributed by atoms with Crippen molar-refractivity contribution in [3.63, 3.8) is 0 Å². The van der Waals surface area contributed by atoms with Crippen LogP contribution in [0.1, 0.15) is 5.56 Å². The Morgan fingerprint density at radius 3 is 2.72 bits per heavy atom. The van der Waals surface area contributed by atoms with Gasteiger partial charge in [0, 0.05) is 12.2 Å². The maximum Gasteiger partial charge on any atom is 0.258 e. The van der Waals surface area contributed by atoms with E-state index in [1.165, 1.54) is 0 Å². The number of rotatable bonds is 3. The van der Waals surface area contributed by atoms with Crippen molar-refractivity contribution in [3.05, 3.63) is 29.8 Å². The van der Waals surface area contributed by atoms with Crippen LogP contribution in [0.2, 0.25) is 0 Å². The number of nitrogens with zero attached hydrogens (tertiary/aromatic N) is 1. The minimum absolute atomic E-state index is 0.313. The summed E-state index contributed by atoms with van der Waals surface area (Å²) in [6, 6.07) is 7.58. The smallest absolute Gasteiger partial charge is 0.258 e. The normalized spacial score (nSPS) is 22.1. The predicted molar refractivity (Wildman–Crippen MR) is 66.4 cm³/mol. The van der Waals surface area contributed by atoms with Gasteiger partial charge in [0.15, 0.2) is 6.10 Å². The van der Waals surface area contributed by atoms with E-state index >= 15 is 0 Å². The van der Waals surface area contributed by atoms with Crippen LogP contribution in [-0.4, -0.2) is 48.1 Å². The number of aliphatic hydroxyl groups is 2. The van der Waals surface area contributed by atoms with Crippen molar-refractivity contribution in [3.8, 4) is 0 Å². The molecule has 0 spiro atoms. The van der Waals surface area contributed by atoms with Crippen molar-refractivity contribution in [2.24, 2.45) is 0 Å². The summed E-state index contributed by atoms with van der Waals surface area (Å²) in [5.41, 5.74) is 1.90. The number of aryl methyl sites for hydroxylation is 1. The highest BCUT2D eigenvalue weighted by Crippen LogP contribution is 2.20. The molecule has 0 unspecified atom stereocenters. The fraction of sp³-hybridized carbons (Fsp3) is 0.462. The summed E-state index contributed by atoms with van der Waals surface area (Å²) in [6.07, 6.45) is -2.16. The van der Waals surface area contributed by atoms with E-state index in [2.05, 4.69) is 0 Å². The first-order chi connectivity index (χ1) is 8.63. The molecule has 1 amide bonds. The van der Waals surface area contributed by atoms with Gasteiger partial charge in [0.1, 0.15) is 6.10 Å². The molecule has 18 heavy (non-hydrogen) atoms. The lowest BCUT2D eigenvalue weighted by molar-refractivity contribution is -0.145. The first-order valence-electron chi connectivity index (χ1n) is 5.92. The molecule has 1 aliphatic heterocycles. The Morgan fingerprint density at radius 1 is 1.44 bits per heavy atom. The summed E-state index contributed by atoms with van der Waals surface area (Å²) in [4.78, 5) is 13.7. The van der Waals surface area contributed by atoms with Gasteiger partial charge in [-0.2, -0.15) is 0 Å². The largest absolute Gasteiger partial charge is 0.394 e. The summed E-state index contributed by atoms with van der Waals surface area (Å²) in [7, 11) is 0. The average Bonchev–Trinajstić information content (AvgIpc) is 2.39. The van der Waals surface area contributed by atoms with Crippen molar-refractivity contribution >= 4 is 11.6 Å². The lowest BCUT2D eigenvalue weighted by atomic mass is 10.1. The molecule has 1 aromatic rings. The van der Waals surface area contributed by atoms with Crippen LogP contribution in [0.5, 0.6) is 0 Å². The highest BCUT2D eigenvalue weighted by Gasteiger charge is 2.35. The number of carbonyl (C=O) groups is 1. The SMILES string of the molecule is Cc1ccc(N2CCO[C@H]([C@@H](O)CO)C2=O)cc1. The van der Waals surface area contributed by atoms with E-state index in [1.54, 1.807) is 4.90 Å². The third-order valence-corrected chi connectivity index (χ3v) is 3.00. The Hall–Kier alpha value is -1.43. The van der Waals surface area contributed by atoms with E-state index in [-0.39, 0.29) is 5.91 Å². The maximum atomic E-state index is 12.1. The summed E-state index contributed by atoms with van der Waals surface area (Å²) >= 11 is 0. The van der Waals surface area contributed by atoms with Crippen molar-refractivity contribution in [2.45, 2.75) is 19.1 Å². The molecule has 1 aliphatic rings. The molecule has 0 radical (unpaired) electrons. The second-order valence-electron chi connectivity index (χ2n) is 4.37. The number of benzene rings is 1. The van der Waals surface area contributed by atoms with Gasteiger partial charge in [0.05, 0.1) is 13.2 Å². The van der Waals surface area contributed by atoms with Crippen LogP contribution in [0.15, 0.2) is 24.3 Å². The molecule has 0 saturated carbocycles. The number of aliphatic hydroxyl groups excluding tert-OH is 2. The number of carbonyl (C=O) groups excluding carboxylic acids is 1. The number of amides is 1. The minimum atomic E-state index is -1.18. The van der Waals surface area contributed by atoms with Crippen molar-refractivity contribution in [1.29, 1.82) is 0 Å². The minimum Gasteiger partial charge on any atom is -0.394 e. The van der Waals surface area contributed by atoms with Gasteiger partial charge < -0.3 is 19.8 Å². The van der Waals surface area contributed by atoms with E-state index < -0.39 is 18.8 Å². The van der Waals surface area contributed by atoms with Crippen LogP contribution >= 0.6 is 0 Å². The number of ether oxygens (including phenoxy) is 1. The van der Waals surface area contributed by atoms with Crippen molar-refractivity contribution < 1.29 is 19.7 Å². The first kappa shape index (κ1) is 13.0. The molecule has 2 rings (SSSR count). The maximum absolute atomic E-state index is 12.1. The van der Waals surface area contributed by atoms with Crippen LogP contribution in [-0.2, 0) is 9.53 Å². The predicted octanol–water partition coefficient (Wildman–Crippen LogP) is 0.0800. The van der Waals surface area contributed by atoms with Gasteiger partial charge in [-0.25, -0.2) is 0 Å². The van der Waals surface area contributed by atoms with E-state index in [1.807, 2.05) is 31.2 Å². The summed E-state index contributed by atoms with van der Waals surface area (Å²) in [6.45, 7) is 2.29. The van der Waals surface area contributed by atoms with Crippen LogP contribution in [0, 0.1) is 6.92 Å². The third kappa shape index (κ3) is 2.53. The molecule has 1 saturated heterocycles. The lowest BCUT2D eigenvalue weighted by Crippen LogP contribution is -2.53. The zero-order valence-corrected chi connectivity index (χ0v) is 10.2. The Labute approximate surface area is 106 Å². The number of hydrogen-bond acceptors (Lipinski definition) is 4. The highest BCUT2D eigenvalue weighted by molar-refractivity contribution is 5.97. The Bertz CT molecular complexity index is 418. The van der Waals surface area contributed by atoms with Crippen molar-refractivity contribution in [2.75, 3.05) is 24.7 Å². The molecule has 0 aromatic heterocycles. The van der Waals surface area contributed by atoms with E-state index in [0.29, 0.717) is 13.2 Å². The Balaban J connectivity index is 2.18. The average molecular weight is 251 g/mol. The van der Waals surface area contributed by atoms with Gasteiger partial charge in [-0.15, -0.1) is 0 Å². The van der Waals surface area contributed by atoms with Crippen LogP contribution < -0.4 is 4.90 Å². The molecule has 1 aromatic carbocycles.